The molecule has 1 amide bonds. The van der Waals surface area contributed by atoms with Crippen LogP contribution in [0.1, 0.15) is 47.5 Å². The molecule has 8 nitrogen and oxygen atoms in total. The monoisotopic (exact) mass is 358 g/mol. The number of aryl methyl sites for hydroxylation is 1. The van der Waals surface area contributed by atoms with E-state index in [1.807, 2.05) is 24.3 Å². The van der Waals surface area contributed by atoms with Crippen molar-refractivity contribution in [2.24, 2.45) is 0 Å². The van der Waals surface area contributed by atoms with E-state index in [2.05, 4.69) is 5.32 Å². The Morgan fingerprint density at radius 1 is 1.31 bits per heavy atom. The molecule has 0 saturated heterocycles. The van der Waals surface area contributed by atoms with Gasteiger partial charge in [-0.05, 0) is 43.4 Å². The third-order valence-corrected chi connectivity index (χ3v) is 4.31. The van der Waals surface area contributed by atoms with Crippen molar-refractivity contribution in [2.75, 3.05) is 0 Å². The summed E-state index contributed by atoms with van der Waals surface area (Å²) in [7, 11) is 0. The Balaban J connectivity index is 1.61. The highest BCUT2D eigenvalue weighted by Crippen LogP contribution is 2.29. The van der Waals surface area contributed by atoms with Gasteiger partial charge >= 0.3 is 11.9 Å². The van der Waals surface area contributed by atoms with Crippen molar-refractivity contribution in [1.29, 1.82) is 0 Å². The number of rotatable bonds is 5. The summed E-state index contributed by atoms with van der Waals surface area (Å²) in [6.45, 7) is 1.44. The molecule has 1 aliphatic carbocycles. The summed E-state index contributed by atoms with van der Waals surface area (Å²) >= 11 is 0. The van der Waals surface area contributed by atoms with Gasteiger partial charge in [0.05, 0.1) is 12.1 Å². The molecule has 1 aliphatic rings. The SMILES string of the molecule is C[C@@H](OC(=O)c1ccc([N+](=O)[O-])o1)C(=O)N[C@@H]1CCCc2ccccc21. The molecule has 26 heavy (non-hydrogen) atoms. The number of nitro groups is 1. The lowest BCUT2D eigenvalue weighted by Crippen LogP contribution is -2.39. The molecule has 0 bridgehead atoms. The highest BCUT2D eigenvalue weighted by molar-refractivity contribution is 5.90. The summed E-state index contributed by atoms with van der Waals surface area (Å²) in [6, 6.07) is 9.99. The molecular weight excluding hydrogens is 340 g/mol. The Bertz CT molecular complexity index is 844. The quantitative estimate of drug-likeness (QED) is 0.500. The summed E-state index contributed by atoms with van der Waals surface area (Å²) in [6.07, 6.45) is 1.70. The lowest BCUT2D eigenvalue weighted by Gasteiger charge is -2.27. The lowest BCUT2D eigenvalue weighted by molar-refractivity contribution is -0.402. The Morgan fingerprint density at radius 3 is 2.81 bits per heavy atom. The van der Waals surface area contributed by atoms with Gasteiger partial charge in [-0.3, -0.25) is 14.9 Å². The van der Waals surface area contributed by atoms with Crippen LogP contribution in [0.2, 0.25) is 0 Å². The first kappa shape index (κ1) is 17.7. The van der Waals surface area contributed by atoms with Crippen LogP contribution in [0.3, 0.4) is 0 Å². The third kappa shape index (κ3) is 3.74. The fourth-order valence-corrected chi connectivity index (χ4v) is 3.00. The number of carbonyl (C=O) groups excluding carboxylic acids is 2. The van der Waals surface area contributed by atoms with E-state index in [1.54, 1.807) is 0 Å². The molecule has 0 spiro atoms. The Morgan fingerprint density at radius 2 is 2.08 bits per heavy atom. The molecule has 1 N–H and O–H groups in total. The highest BCUT2D eigenvalue weighted by atomic mass is 16.7. The summed E-state index contributed by atoms with van der Waals surface area (Å²) in [5.41, 5.74) is 2.28. The lowest BCUT2D eigenvalue weighted by atomic mass is 9.87. The molecule has 136 valence electrons. The first-order valence-corrected chi connectivity index (χ1v) is 8.29. The van der Waals surface area contributed by atoms with Gasteiger partial charge in [0.1, 0.15) is 4.92 Å². The Labute approximate surface area is 149 Å². The second-order valence-corrected chi connectivity index (χ2v) is 6.09. The predicted octanol–water partition coefficient (Wildman–Crippen LogP) is 2.93. The number of furan rings is 1. The molecule has 0 saturated carbocycles. The largest absolute Gasteiger partial charge is 0.447 e. The number of nitrogens with zero attached hydrogens (tertiary/aromatic N) is 1. The minimum absolute atomic E-state index is 0.127. The van der Waals surface area contributed by atoms with Crippen molar-refractivity contribution in [2.45, 2.75) is 38.3 Å². The van der Waals surface area contributed by atoms with Gasteiger partial charge in [0.15, 0.2) is 6.10 Å². The average molecular weight is 358 g/mol. The topological polar surface area (TPSA) is 112 Å². The van der Waals surface area contributed by atoms with E-state index in [0.29, 0.717) is 0 Å². The zero-order valence-electron chi connectivity index (χ0n) is 14.1. The molecule has 2 aromatic rings. The van der Waals surface area contributed by atoms with Gasteiger partial charge in [-0.2, -0.15) is 0 Å². The summed E-state index contributed by atoms with van der Waals surface area (Å²) in [4.78, 5) is 34.2. The first-order valence-electron chi connectivity index (χ1n) is 8.29. The standard InChI is InChI=1S/C18H18N2O6/c1-11(25-18(22)15-9-10-16(26-15)20(23)24)17(21)19-14-8-4-6-12-5-2-3-7-13(12)14/h2-3,5,7,9-11,14H,4,6,8H2,1H3,(H,19,21)/t11-,14-/m1/s1. The predicted molar refractivity (Wildman–Crippen MR) is 90.5 cm³/mol. The van der Waals surface area contributed by atoms with E-state index in [0.717, 1.165) is 37.0 Å². The average Bonchev–Trinajstić information content (AvgIpc) is 3.12. The number of carbonyl (C=O) groups is 2. The molecule has 1 aromatic heterocycles. The van der Waals surface area contributed by atoms with Gasteiger partial charge in [-0.15, -0.1) is 0 Å². The van der Waals surface area contributed by atoms with Gasteiger partial charge in [-0.1, -0.05) is 24.3 Å². The van der Waals surface area contributed by atoms with E-state index in [9.17, 15) is 19.7 Å². The Hall–Kier alpha value is -3.16. The van der Waals surface area contributed by atoms with Crippen LogP contribution in [0.5, 0.6) is 0 Å². The van der Waals surface area contributed by atoms with Crippen molar-refractivity contribution < 1.29 is 23.7 Å². The molecule has 1 aromatic carbocycles. The van der Waals surface area contributed by atoms with E-state index < -0.39 is 28.8 Å². The molecule has 1 heterocycles. The first-order chi connectivity index (χ1) is 12.5. The van der Waals surface area contributed by atoms with Crippen LogP contribution in [0.15, 0.2) is 40.8 Å². The van der Waals surface area contributed by atoms with Crippen LogP contribution in [-0.2, 0) is 16.0 Å². The number of hydrogen-bond acceptors (Lipinski definition) is 6. The highest BCUT2D eigenvalue weighted by Gasteiger charge is 2.27. The van der Waals surface area contributed by atoms with E-state index in [1.165, 1.54) is 12.5 Å². The fourth-order valence-electron chi connectivity index (χ4n) is 3.00. The minimum Gasteiger partial charge on any atom is -0.447 e. The van der Waals surface area contributed by atoms with Crippen LogP contribution in [-0.4, -0.2) is 22.9 Å². The van der Waals surface area contributed by atoms with Crippen LogP contribution in [0.4, 0.5) is 5.88 Å². The Kier molecular flexibility index (Phi) is 5.01. The van der Waals surface area contributed by atoms with Gasteiger partial charge in [-0.25, -0.2) is 4.79 Å². The maximum atomic E-state index is 12.4. The number of esters is 1. The molecule has 8 heteroatoms. The molecular formula is C18H18N2O6. The van der Waals surface area contributed by atoms with Crippen molar-refractivity contribution in [1.82, 2.24) is 5.32 Å². The second-order valence-electron chi connectivity index (χ2n) is 6.09. The minimum atomic E-state index is -1.05. The van der Waals surface area contributed by atoms with Crippen LogP contribution >= 0.6 is 0 Å². The number of ether oxygens (including phenoxy) is 1. The molecule has 0 radical (unpaired) electrons. The number of hydrogen-bond donors (Lipinski definition) is 1. The summed E-state index contributed by atoms with van der Waals surface area (Å²) < 4.78 is 9.83. The number of fused-ring (bicyclic) bond motifs is 1. The van der Waals surface area contributed by atoms with Crippen LogP contribution < -0.4 is 5.32 Å². The molecule has 0 fully saturated rings. The van der Waals surface area contributed by atoms with E-state index in [-0.39, 0.29) is 11.8 Å². The van der Waals surface area contributed by atoms with Gasteiger partial charge < -0.3 is 14.5 Å². The van der Waals surface area contributed by atoms with Crippen molar-refractivity contribution >= 4 is 17.8 Å². The fraction of sp³-hybridized carbons (Fsp3) is 0.333. The number of amides is 1. The smallest absolute Gasteiger partial charge is 0.433 e. The zero-order chi connectivity index (χ0) is 18.7. The van der Waals surface area contributed by atoms with Crippen LogP contribution in [0.25, 0.3) is 0 Å². The van der Waals surface area contributed by atoms with E-state index >= 15 is 0 Å². The van der Waals surface area contributed by atoms with Gasteiger partial charge in [0.25, 0.3) is 5.91 Å². The molecule has 0 aliphatic heterocycles. The molecule has 2 atom stereocenters. The second kappa shape index (κ2) is 7.38. The number of benzene rings is 1. The van der Waals surface area contributed by atoms with E-state index in [4.69, 9.17) is 9.15 Å². The maximum absolute atomic E-state index is 12.4. The molecule has 0 unspecified atom stereocenters. The normalized spacial score (nSPS) is 17.0. The van der Waals surface area contributed by atoms with Gasteiger partial charge in [0, 0.05) is 0 Å². The summed E-state index contributed by atoms with van der Waals surface area (Å²) in [5.74, 6) is -2.24. The van der Waals surface area contributed by atoms with Gasteiger partial charge in [0.2, 0.25) is 5.76 Å². The maximum Gasteiger partial charge on any atom is 0.433 e. The summed E-state index contributed by atoms with van der Waals surface area (Å²) in [5, 5.41) is 13.5. The third-order valence-electron chi connectivity index (χ3n) is 4.31. The molecule has 3 rings (SSSR count). The zero-order valence-corrected chi connectivity index (χ0v) is 14.1. The number of nitrogens with one attached hydrogen (secondary N) is 1. The van der Waals surface area contributed by atoms with Crippen molar-refractivity contribution in [3.05, 3.63) is 63.4 Å². The van der Waals surface area contributed by atoms with Crippen LogP contribution in [0, 0.1) is 10.1 Å². The van der Waals surface area contributed by atoms with Crippen molar-refractivity contribution in [3.8, 4) is 0 Å². The van der Waals surface area contributed by atoms with Crippen molar-refractivity contribution in [3.63, 3.8) is 0 Å².